The molecule has 6 nitrogen and oxygen atoms in total. The summed E-state index contributed by atoms with van der Waals surface area (Å²) in [4.78, 5) is 19.5. The molecule has 0 unspecified atom stereocenters. The fourth-order valence-corrected chi connectivity index (χ4v) is 2.83. The number of hydrogen-bond donors (Lipinski definition) is 2. The number of amides is 1. The number of hydrogen-bond acceptors (Lipinski definition) is 3. The van der Waals surface area contributed by atoms with Gasteiger partial charge >= 0.3 is 0 Å². The Morgan fingerprint density at radius 2 is 2.11 bits per heavy atom. The van der Waals surface area contributed by atoms with Crippen molar-refractivity contribution in [3.63, 3.8) is 0 Å². The number of benzene rings is 1. The van der Waals surface area contributed by atoms with E-state index < -0.39 is 0 Å². The first-order valence-electron chi connectivity index (χ1n) is 9.08. The zero-order valence-electron chi connectivity index (χ0n) is 15.8. The zero-order chi connectivity index (χ0) is 19.2. The Kier molecular flexibility index (Phi) is 5.76. The molecule has 0 aliphatic rings. The molecule has 0 aliphatic heterocycles. The molecule has 27 heavy (non-hydrogen) atoms. The molecule has 0 bridgehead atoms. The maximum Gasteiger partial charge on any atom is 0.287 e. The van der Waals surface area contributed by atoms with Crippen LogP contribution in [0.5, 0.6) is 0 Å². The number of rotatable bonds is 5. The molecule has 1 amide bonds. The smallest absolute Gasteiger partial charge is 0.287 e. The van der Waals surface area contributed by atoms with Gasteiger partial charge in [0.15, 0.2) is 5.76 Å². The first kappa shape index (κ1) is 18.5. The molecule has 6 heteroatoms. The van der Waals surface area contributed by atoms with Gasteiger partial charge in [-0.3, -0.25) is 4.79 Å². The molecule has 4 aromatic rings. The molecular weight excluding hydrogens is 340 g/mol. The van der Waals surface area contributed by atoms with Gasteiger partial charge in [-0.05, 0) is 42.3 Å². The molecule has 0 atom stereocenters. The standard InChI is InChI=1S/C19H18N4O2.C2H6/c1-13-9-21-17-4-2-14(8-16(13)17)10-22-19(24)18-5-3-15(25-18)11-23-7-6-20-12-23;1-2/h2-9,12,21H,10-11H2,1H3,(H,22,24);1-2H3. The molecule has 1 aromatic carbocycles. The minimum atomic E-state index is -0.220. The summed E-state index contributed by atoms with van der Waals surface area (Å²) in [6.45, 7) is 7.07. The van der Waals surface area contributed by atoms with Gasteiger partial charge < -0.3 is 19.3 Å². The molecule has 4 rings (SSSR count). The van der Waals surface area contributed by atoms with E-state index in [0.29, 0.717) is 24.6 Å². The third-order valence-electron chi connectivity index (χ3n) is 4.19. The Balaban J connectivity index is 0.00000102. The lowest BCUT2D eigenvalue weighted by Gasteiger charge is -2.04. The van der Waals surface area contributed by atoms with E-state index in [-0.39, 0.29) is 5.91 Å². The van der Waals surface area contributed by atoms with Crippen molar-refractivity contribution in [1.29, 1.82) is 0 Å². The van der Waals surface area contributed by atoms with Gasteiger partial charge in [-0.25, -0.2) is 4.98 Å². The first-order chi connectivity index (χ1) is 13.2. The number of imidazole rings is 1. The minimum absolute atomic E-state index is 0.220. The van der Waals surface area contributed by atoms with Gasteiger partial charge in [0, 0.05) is 36.0 Å². The van der Waals surface area contributed by atoms with Crippen molar-refractivity contribution in [3.8, 4) is 0 Å². The summed E-state index contributed by atoms with van der Waals surface area (Å²) >= 11 is 0. The van der Waals surface area contributed by atoms with Crippen LogP contribution >= 0.6 is 0 Å². The number of nitrogens with one attached hydrogen (secondary N) is 2. The number of nitrogens with zero attached hydrogens (tertiary/aromatic N) is 2. The Labute approximate surface area is 158 Å². The lowest BCUT2D eigenvalue weighted by atomic mass is 10.1. The number of furan rings is 1. The normalized spacial score (nSPS) is 10.5. The van der Waals surface area contributed by atoms with Crippen molar-refractivity contribution < 1.29 is 9.21 Å². The monoisotopic (exact) mass is 364 g/mol. The van der Waals surface area contributed by atoms with Crippen LogP contribution in [0.25, 0.3) is 10.9 Å². The Bertz CT molecular complexity index is 1010. The van der Waals surface area contributed by atoms with Gasteiger partial charge in [-0.15, -0.1) is 0 Å². The number of aryl methyl sites for hydroxylation is 1. The van der Waals surface area contributed by atoms with E-state index in [2.05, 4.69) is 28.3 Å². The topological polar surface area (TPSA) is 75.8 Å². The van der Waals surface area contributed by atoms with Crippen LogP contribution in [0.3, 0.4) is 0 Å². The summed E-state index contributed by atoms with van der Waals surface area (Å²) in [5.41, 5.74) is 3.34. The predicted octanol–water partition coefficient (Wildman–Crippen LogP) is 4.27. The summed E-state index contributed by atoms with van der Waals surface area (Å²) in [5, 5.41) is 4.08. The van der Waals surface area contributed by atoms with Crippen LogP contribution in [0, 0.1) is 6.92 Å². The predicted molar refractivity (Wildman–Crippen MR) is 106 cm³/mol. The lowest BCUT2D eigenvalue weighted by Crippen LogP contribution is -2.22. The minimum Gasteiger partial charge on any atom is -0.454 e. The highest BCUT2D eigenvalue weighted by Gasteiger charge is 2.11. The van der Waals surface area contributed by atoms with Gasteiger partial charge in [0.1, 0.15) is 5.76 Å². The molecule has 3 aromatic heterocycles. The van der Waals surface area contributed by atoms with Crippen LogP contribution in [0.4, 0.5) is 0 Å². The van der Waals surface area contributed by atoms with Crippen LogP contribution < -0.4 is 5.32 Å². The van der Waals surface area contributed by atoms with E-state index in [1.807, 2.05) is 49.0 Å². The fourth-order valence-electron chi connectivity index (χ4n) is 2.83. The van der Waals surface area contributed by atoms with Crippen molar-refractivity contribution in [1.82, 2.24) is 19.9 Å². The van der Waals surface area contributed by atoms with Crippen LogP contribution in [-0.2, 0) is 13.1 Å². The number of aromatic nitrogens is 3. The number of carbonyl (C=O) groups excluding carboxylic acids is 1. The Hall–Kier alpha value is -3.28. The zero-order valence-corrected chi connectivity index (χ0v) is 15.8. The second-order valence-electron chi connectivity index (χ2n) is 6.04. The number of fused-ring (bicyclic) bond motifs is 1. The highest BCUT2D eigenvalue weighted by molar-refractivity contribution is 5.91. The lowest BCUT2D eigenvalue weighted by molar-refractivity contribution is 0.0921. The summed E-state index contributed by atoms with van der Waals surface area (Å²) in [7, 11) is 0. The van der Waals surface area contributed by atoms with Crippen molar-refractivity contribution in [2.24, 2.45) is 0 Å². The molecule has 0 fully saturated rings. The third kappa shape index (κ3) is 4.28. The van der Waals surface area contributed by atoms with Crippen molar-refractivity contribution >= 4 is 16.8 Å². The molecule has 0 radical (unpaired) electrons. The van der Waals surface area contributed by atoms with E-state index in [1.54, 1.807) is 18.6 Å². The third-order valence-corrected chi connectivity index (χ3v) is 4.19. The highest BCUT2D eigenvalue weighted by atomic mass is 16.4. The summed E-state index contributed by atoms with van der Waals surface area (Å²) in [6, 6.07) is 9.63. The second-order valence-corrected chi connectivity index (χ2v) is 6.04. The molecule has 3 heterocycles. The fraction of sp³-hybridized carbons (Fsp3) is 0.238. The van der Waals surface area contributed by atoms with Crippen LogP contribution in [0.2, 0.25) is 0 Å². The second kappa shape index (κ2) is 8.40. The van der Waals surface area contributed by atoms with Gasteiger partial charge in [0.25, 0.3) is 5.91 Å². The van der Waals surface area contributed by atoms with Gasteiger partial charge in [0.05, 0.1) is 12.9 Å². The molecule has 0 saturated heterocycles. The maximum atomic E-state index is 12.3. The molecule has 0 saturated carbocycles. The van der Waals surface area contributed by atoms with E-state index in [1.165, 1.54) is 10.9 Å². The SMILES string of the molecule is CC.Cc1c[nH]c2ccc(CNC(=O)c3ccc(Cn4ccnc4)o3)cc12. The van der Waals surface area contributed by atoms with Crippen molar-refractivity contribution in [2.45, 2.75) is 33.9 Å². The van der Waals surface area contributed by atoms with Crippen LogP contribution in [0.1, 0.15) is 41.3 Å². The molecule has 0 spiro atoms. The van der Waals surface area contributed by atoms with Gasteiger partial charge in [-0.1, -0.05) is 19.9 Å². The quantitative estimate of drug-likeness (QED) is 0.555. The molecule has 140 valence electrons. The Morgan fingerprint density at radius 1 is 1.26 bits per heavy atom. The first-order valence-corrected chi connectivity index (χ1v) is 9.08. The van der Waals surface area contributed by atoms with E-state index in [4.69, 9.17) is 4.42 Å². The number of H-pyrrole nitrogens is 1. The maximum absolute atomic E-state index is 12.3. The highest BCUT2D eigenvalue weighted by Crippen LogP contribution is 2.19. The van der Waals surface area contributed by atoms with Crippen LogP contribution in [0.15, 0.2) is 59.7 Å². The van der Waals surface area contributed by atoms with E-state index in [0.717, 1.165) is 11.1 Å². The van der Waals surface area contributed by atoms with Crippen LogP contribution in [-0.4, -0.2) is 20.4 Å². The average molecular weight is 364 g/mol. The molecule has 2 N–H and O–H groups in total. The largest absolute Gasteiger partial charge is 0.454 e. The average Bonchev–Trinajstić information content (AvgIpc) is 3.44. The summed E-state index contributed by atoms with van der Waals surface area (Å²) in [6.07, 6.45) is 7.25. The van der Waals surface area contributed by atoms with Crippen molar-refractivity contribution in [3.05, 3.63) is 77.9 Å². The van der Waals surface area contributed by atoms with Gasteiger partial charge in [0.2, 0.25) is 0 Å². The van der Waals surface area contributed by atoms with E-state index >= 15 is 0 Å². The van der Waals surface area contributed by atoms with Crippen molar-refractivity contribution in [2.75, 3.05) is 0 Å². The summed E-state index contributed by atoms with van der Waals surface area (Å²) in [5.74, 6) is 0.810. The number of carbonyl (C=O) groups is 1. The van der Waals surface area contributed by atoms with Gasteiger partial charge in [-0.2, -0.15) is 0 Å². The molecular formula is C21H24N4O2. The Morgan fingerprint density at radius 3 is 2.89 bits per heavy atom. The van der Waals surface area contributed by atoms with E-state index in [9.17, 15) is 4.79 Å². The number of aromatic amines is 1. The summed E-state index contributed by atoms with van der Waals surface area (Å²) < 4.78 is 7.50. The molecule has 0 aliphatic carbocycles.